The van der Waals surface area contributed by atoms with Crippen LogP contribution in [0.4, 0.5) is 20.2 Å². The first-order chi connectivity index (χ1) is 9.10. The average molecular weight is 259 g/mol. The van der Waals surface area contributed by atoms with E-state index in [-0.39, 0.29) is 11.4 Å². The fourth-order valence-corrected chi connectivity index (χ4v) is 1.63. The molecule has 96 valence electrons. The molecule has 2 aromatic carbocycles. The van der Waals surface area contributed by atoms with Gasteiger partial charge in [0, 0.05) is 12.6 Å². The second-order valence-corrected chi connectivity index (χ2v) is 4.01. The molecule has 0 atom stereocenters. The average Bonchev–Trinajstić information content (AvgIpc) is 2.41. The Morgan fingerprint density at radius 3 is 2.47 bits per heavy atom. The molecule has 0 radical (unpaired) electrons. The highest BCUT2D eigenvalue weighted by Crippen LogP contribution is 2.23. The first-order valence-corrected chi connectivity index (χ1v) is 5.57. The monoisotopic (exact) mass is 259 g/mol. The Morgan fingerprint density at radius 1 is 1.16 bits per heavy atom. The lowest BCUT2D eigenvalue weighted by atomic mass is 10.1. The van der Waals surface area contributed by atoms with Crippen LogP contribution in [-0.2, 0) is 6.54 Å². The Balaban J connectivity index is 2.12. The molecule has 0 aliphatic heterocycles. The number of nitrogens with zero attached hydrogens (tertiary/aromatic N) is 1. The maximum absolute atomic E-state index is 13.2. The predicted octanol–water partition coefficient (Wildman–Crippen LogP) is 3.03. The fourth-order valence-electron chi connectivity index (χ4n) is 1.63. The van der Waals surface area contributed by atoms with Crippen molar-refractivity contribution in [1.82, 2.24) is 0 Å². The van der Waals surface area contributed by atoms with Crippen molar-refractivity contribution >= 4 is 11.4 Å². The summed E-state index contributed by atoms with van der Waals surface area (Å²) in [6, 6.07) is 10.8. The van der Waals surface area contributed by atoms with Crippen molar-refractivity contribution < 1.29 is 8.78 Å². The highest BCUT2D eigenvalue weighted by atomic mass is 19.1. The highest BCUT2D eigenvalue weighted by Gasteiger charge is 2.07. The van der Waals surface area contributed by atoms with E-state index in [2.05, 4.69) is 5.32 Å². The zero-order chi connectivity index (χ0) is 13.8. The van der Waals surface area contributed by atoms with Crippen molar-refractivity contribution in [2.45, 2.75) is 6.54 Å². The summed E-state index contributed by atoms with van der Waals surface area (Å²) in [5, 5.41) is 11.5. The van der Waals surface area contributed by atoms with E-state index in [1.165, 1.54) is 0 Å². The van der Waals surface area contributed by atoms with Crippen molar-refractivity contribution in [3.8, 4) is 6.07 Å². The number of nitrogens with two attached hydrogens (primary N) is 1. The van der Waals surface area contributed by atoms with E-state index in [1.54, 1.807) is 24.3 Å². The van der Waals surface area contributed by atoms with Gasteiger partial charge in [-0.25, -0.2) is 8.78 Å². The van der Waals surface area contributed by atoms with Crippen LogP contribution in [0.15, 0.2) is 36.4 Å². The zero-order valence-electron chi connectivity index (χ0n) is 9.95. The van der Waals surface area contributed by atoms with Crippen LogP contribution in [0.1, 0.15) is 11.1 Å². The zero-order valence-corrected chi connectivity index (χ0v) is 9.95. The maximum atomic E-state index is 13.2. The molecule has 0 heterocycles. The molecule has 0 fully saturated rings. The quantitative estimate of drug-likeness (QED) is 0.833. The third-order valence-electron chi connectivity index (χ3n) is 2.66. The van der Waals surface area contributed by atoms with E-state index in [0.29, 0.717) is 12.1 Å². The molecule has 19 heavy (non-hydrogen) atoms. The molecule has 0 amide bonds. The summed E-state index contributed by atoms with van der Waals surface area (Å²) < 4.78 is 26.3. The predicted molar refractivity (Wildman–Crippen MR) is 69.3 cm³/mol. The van der Waals surface area contributed by atoms with E-state index in [1.807, 2.05) is 6.07 Å². The first-order valence-electron chi connectivity index (χ1n) is 5.57. The van der Waals surface area contributed by atoms with Crippen molar-refractivity contribution in [3.05, 3.63) is 59.2 Å². The van der Waals surface area contributed by atoms with Gasteiger partial charge in [-0.2, -0.15) is 5.26 Å². The van der Waals surface area contributed by atoms with Gasteiger partial charge in [0.15, 0.2) is 5.82 Å². The minimum absolute atomic E-state index is 0.116. The molecule has 0 aliphatic carbocycles. The molecule has 2 rings (SSSR count). The van der Waals surface area contributed by atoms with Crippen LogP contribution in [-0.4, -0.2) is 0 Å². The molecule has 0 bridgehead atoms. The van der Waals surface area contributed by atoms with Gasteiger partial charge in [0.05, 0.1) is 23.0 Å². The molecule has 0 saturated heterocycles. The molecule has 5 heteroatoms. The van der Waals surface area contributed by atoms with Crippen LogP contribution in [0.5, 0.6) is 0 Å². The number of hydrogen-bond donors (Lipinski definition) is 2. The van der Waals surface area contributed by atoms with Gasteiger partial charge in [-0.1, -0.05) is 12.1 Å². The van der Waals surface area contributed by atoms with E-state index in [4.69, 9.17) is 11.0 Å². The number of nitrogens with one attached hydrogen (secondary N) is 1. The smallest absolute Gasteiger partial charge is 0.151 e. The number of nitriles is 1. The lowest BCUT2D eigenvalue weighted by Crippen LogP contribution is -2.04. The van der Waals surface area contributed by atoms with Gasteiger partial charge in [0.25, 0.3) is 0 Å². The van der Waals surface area contributed by atoms with Gasteiger partial charge in [-0.05, 0) is 23.8 Å². The summed E-state index contributed by atoms with van der Waals surface area (Å²) in [7, 11) is 0. The molecule has 3 N–H and O–H groups in total. The van der Waals surface area contributed by atoms with E-state index >= 15 is 0 Å². The molecular formula is C14H11F2N3. The van der Waals surface area contributed by atoms with Crippen molar-refractivity contribution in [1.29, 1.82) is 5.26 Å². The molecular weight excluding hydrogens is 248 g/mol. The minimum atomic E-state index is -0.790. The number of anilines is 2. The van der Waals surface area contributed by atoms with Gasteiger partial charge in [-0.3, -0.25) is 0 Å². The summed E-state index contributed by atoms with van der Waals surface area (Å²) >= 11 is 0. The summed E-state index contributed by atoms with van der Waals surface area (Å²) in [5.74, 6) is -1.48. The Kier molecular flexibility index (Phi) is 3.62. The highest BCUT2D eigenvalue weighted by molar-refractivity contribution is 5.66. The summed E-state index contributed by atoms with van der Waals surface area (Å²) in [4.78, 5) is 0. The summed E-state index contributed by atoms with van der Waals surface area (Å²) in [6.07, 6.45) is 0. The maximum Gasteiger partial charge on any atom is 0.151 e. The second-order valence-electron chi connectivity index (χ2n) is 4.01. The molecule has 0 aromatic heterocycles. The lowest BCUT2D eigenvalue weighted by Gasteiger charge is -2.10. The molecule has 0 unspecified atom stereocenters. The van der Waals surface area contributed by atoms with Crippen LogP contribution >= 0.6 is 0 Å². The van der Waals surface area contributed by atoms with Gasteiger partial charge in [0.1, 0.15) is 5.82 Å². The van der Waals surface area contributed by atoms with Gasteiger partial charge >= 0.3 is 0 Å². The van der Waals surface area contributed by atoms with E-state index < -0.39 is 11.6 Å². The molecule has 3 nitrogen and oxygen atoms in total. The molecule has 0 spiro atoms. The normalized spacial score (nSPS) is 9.95. The lowest BCUT2D eigenvalue weighted by molar-refractivity contribution is 0.587. The van der Waals surface area contributed by atoms with Crippen LogP contribution < -0.4 is 11.1 Å². The third-order valence-corrected chi connectivity index (χ3v) is 2.66. The fraction of sp³-hybridized carbons (Fsp3) is 0.0714. The standard InChI is InChI=1S/C14H11F2N3/c15-11-5-12(16)14(18)13(6-11)19-8-10-3-1-9(7-17)2-4-10/h1-6,19H,8,18H2. The Morgan fingerprint density at radius 2 is 1.84 bits per heavy atom. The van der Waals surface area contributed by atoms with Gasteiger partial charge in [-0.15, -0.1) is 0 Å². The number of hydrogen-bond acceptors (Lipinski definition) is 3. The summed E-state index contributed by atoms with van der Waals surface area (Å²) in [6.45, 7) is 0.360. The van der Waals surface area contributed by atoms with E-state index in [9.17, 15) is 8.78 Å². The molecule has 0 aliphatic rings. The minimum Gasteiger partial charge on any atom is -0.395 e. The topological polar surface area (TPSA) is 61.8 Å². The second kappa shape index (κ2) is 5.36. The van der Waals surface area contributed by atoms with Crippen LogP contribution in [0.3, 0.4) is 0 Å². The Bertz CT molecular complexity index is 630. The van der Waals surface area contributed by atoms with E-state index in [0.717, 1.165) is 17.7 Å². The SMILES string of the molecule is N#Cc1ccc(CNc2cc(F)cc(F)c2N)cc1. The van der Waals surface area contributed by atoms with Gasteiger partial charge < -0.3 is 11.1 Å². The third kappa shape index (κ3) is 2.99. The summed E-state index contributed by atoms with van der Waals surface area (Å²) in [5.41, 5.74) is 7.04. The first kappa shape index (κ1) is 12.8. The number of benzene rings is 2. The van der Waals surface area contributed by atoms with Crippen LogP contribution in [0.25, 0.3) is 0 Å². The number of nitrogen functional groups attached to an aromatic ring is 1. The van der Waals surface area contributed by atoms with Crippen molar-refractivity contribution in [2.24, 2.45) is 0 Å². The van der Waals surface area contributed by atoms with Crippen molar-refractivity contribution in [3.63, 3.8) is 0 Å². The number of rotatable bonds is 3. The van der Waals surface area contributed by atoms with Crippen LogP contribution in [0, 0.1) is 23.0 Å². The Hall–Kier alpha value is -2.61. The Labute approximate surface area is 109 Å². The molecule has 0 saturated carbocycles. The largest absolute Gasteiger partial charge is 0.395 e. The van der Waals surface area contributed by atoms with Crippen molar-refractivity contribution in [2.75, 3.05) is 11.1 Å². The van der Waals surface area contributed by atoms with Crippen LogP contribution in [0.2, 0.25) is 0 Å². The number of halogens is 2. The molecule has 2 aromatic rings. The van der Waals surface area contributed by atoms with Gasteiger partial charge in [0.2, 0.25) is 0 Å².